The number of imidazole rings is 1. The average molecular weight is 235 g/mol. The number of hydrogen-bond donors (Lipinski definition) is 1. The third-order valence-electron chi connectivity index (χ3n) is 3.92. The minimum atomic E-state index is -0.0831. The lowest BCUT2D eigenvalue weighted by Crippen LogP contribution is -2.51. The molecular weight excluding hydrogens is 210 g/mol. The second kappa shape index (κ2) is 4.13. The lowest BCUT2D eigenvalue weighted by atomic mass is 9.63. The number of nitrogens with zero attached hydrogens (tertiary/aromatic N) is 2. The van der Waals surface area contributed by atoms with Crippen molar-refractivity contribution in [2.24, 2.45) is 24.1 Å². The summed E-state index contributed by atoms with van der Waals surface area (Å²) in [5.41, 5.74) is 6.91. The normalized spacial score (nSPS) is 32.6. The molecule has 96 valence electrons. The summed E-state index contributed by atoms with van der Waals surface area (Å²) in [6, 6.07) is 0. The number of rotatable bonds is 2. The zero-order chi connectivity index (χ0) is 12.7. The van der Waals surface area contributed by atoms with Gasteiger partial charge in [0.2, 0.25) is 0 Å². The van der Waals surface area contributed by atoms with Crippen molar-refractivity contribution >= 4 is 0 Å². The zero-order valence-corrected chi connectivity index (χ0v) is 11.5. The molecule has 0 saturated heterocycles. The van der Waals surface area contributed by atoms with Crippen LogP contribution in [0.15, 0.2) is 12.4 Å². The lowest BCUT2D eigenvalue weighted by molar-refractivity contribution is 0.106. The Morgan fingerprint density at radius 3 is 2.71 bits per heavy atom. The highest BCUT2D eigenvalue weighted by Gasteiger charge is 2.40. The van der Waals surface area contributed by atoms with Crippen LogP contribution >= 0.6 is 0 Å². The van der Waals surface area contributed by atoms with Crippen LogP contribution in [0, 0.1) is 11.3 Å². The summed E-state index contributed by atoms with van der Waals surface area (Å²) < 4.78 is 2.08. The number of nitrogens with two attached hydrogens (primary N) is 1. The first-order chi connectivity index (χ1) is 7.80. The Balaban J connectivity index is 2.16. The summed E-state index contributed by atoms with van der Waals surface area (Å²) in [4.78, 5) is 4.41. The van der Waals surface area contributed by atoms with Crippen LogP contribution in [0.3, 0.4) is 0 Å². The molecule has 0 bridgehead atoms. The molecule has 3 nitrogen and oxygen atoms in total. The molecule has 1 aliphatic rings. The van der Waals surface area contributed by atoms with Crippen molar-refractivity contribution in [1.82, 2.24) is 9.55 Å². The summed E-state index contributed by atoms with van der Waals surface area (Å²) in [7, 11) is 2.04. The fraction of sp³-hybridized carbons (Fsp3) is 0.786. The fourth-order valence-corrected chi connectivity index (χ4v) is 3.82. The third kappa shape index (κ3) is 2.89. The zero-order valence-electron chi connectivity index (χ0n) is 11.5. The minimum absolute atomic E-state index is 0.0831. The van der Waals surface area contributed by atoms with Gasteiger partial charge in [-0.25, -0.2) is 4.98 Å². The van der Waals surface area contributed by atoms with E-state index in [1.54, 1.807) is 0 Å². The maximum Gasteiger partial charge on any atom is 0.110 e. The summed E-state index contributed by atoms with van der Waals surface area (Å²) in [6.07, 6.45) is 8.24. The maximum absolute atomic E-state index is 6.63. The molecular formula is C14H25N3. The van der Waals surface area contributed by atoms with E-state index in [2.05, 4.69) is 30.3 Å². The van der Waals surface area contributed by atoms with Crippen LogP contribution in [0.2, 0.25) is 0 Å². The second-order valence-electron chi connectivity index (χ2n) is 6.85. The van der Waals surface area contributed by atoms with Crippen LogP contribution in [-0.2, 0) is 13.5 Å². The Hall–Kier alpha value is -0.830. The van der Waals surface area contributed by atoms with E-state index in [1.807, 2.05) is 19.4 Å². The molecule has 2 N–H and O–H groups in total. The molecule has 1 aromatic heterocycles. The molecule has 1 aromatic rings. The van der Waals surface area contributed by atoms with Crippen LogP contribution in [0.5, 0.6) is 0 Å². The van der Waals surface area contributed by atoms with Crippen LogP contribution in [0.25, 0.3) is 0 Å². The van der Waals surface area contributed by atoms with Gasteiger partial charge in [-0.15, -0.1) is 0 Å². The van der Waals surface area contributed by atoms with Crippen LogP contribution in [-0.4, -0.2) is 15.1 Å². The third-order valence-corrected chi connectivity index (χ3v) is 3.92. The maximum atomic E-state index is 6.63. The first-order valence-corrected chi connectivity index (χ1v) is 6.55. The van der Waals surface area contributed by atoms with E-state index >= 15 is 0 Å². The van der Waals surface area contributed by atoms with E-state index in [9.17, 15) is 0 Å². The fourth-order valence-electron chi connectivity index (χ4n) is 3.82. The Morgan fingerprint density at radius 1 is 1.47 bits per heavy atom. The highest BCUT2D eigenvalue weighted by Crippen LogP contribution is 2.43. The van der Waals surface area contributed by atoms with E-state index < -0.39 is 0 Å². The quantitative estimate of drug-likeness (QED) is 0.856. The van der Waals surface area contributed by atoms with Gasteiger partial charge in [-0.3, -0.25) is 0 Å². The van der Waals surface area contributed by atoms with Crippen molar-refractivity contribution in [2.45, 2.75) is 52.0 Å². The molecule has 2 rings (SSSR count). The van der Waals surface area contributed by atoms with Crippen LogP contribution in [0.4, 0.5) is 0 Å². The molecule has 0 radical (unpaired) electrons. The Labute approximate surface area is 104 Å². The predicted octanol–water partition coefficient (Wildman–Crippen LogP) is 2.51. The molecule has 0 aliphatic heterocycles. The average Bonchev–Trinajstić information content (AvgIpc) is 2.46. The second-order valence-corrected chi connectivity index (χ2v) is 6.85. The van der Waals surface area contributed by atoms with E-state index in [-0.39, 0.29) is 5.54 Å². The standard InChI is InChI=1S/C14H25N3/c1-11-7-13(2,3)10-14(15,8-11)9-12-16-5-6-17(12)4/h5-6,11H,7-10,15H2,1-4H3. The highest BCUT2D eigenvalue weighted by atomic mass is 15.0. The van der Waals surface area contributed by atoms with Gasteiger partial charge in [-0.1, -0.05) is 20.8 Å². The first kappa shape index (κ1) is 12.6. The SMILES string of the molecule is CC1CC(C)(C)CC(N)(Cc2nccn2C)C1. The van der Waals surface area contributed by atoms with Gasteiger partial charge in [-0.05, 0) is 30.6 Å². The van der Waals surface area contributed by atoms with Gasteiger partial charge >= 0.3 is 0 Å². The van der Waals surface area contributed by atoms with Gasteiger partial charge in [0.15, 0.2) is 0 Å². The van der Waals surface area contributed by atoms with Crippen molar-refractivity contribution in [1.29, 1.82) is 0 Å². The van der Waals surface area contributed by atoms with Crippen molar-refractivity contribution in [3.05, 3.63) is 18.2 Å². The summed E-state index contributed by atoms with van der Waals surface area (Å²) in [5.74, 6) is 1.82. The van der Waals surface area contributed by atoms with E-state index in [0.717, 1.165) is 25.1 Å². The van der Waals surface area contributed by atoms with Gasteiger partial charge in [-0.2, -0.15) is 0 Å². The van der Waals surface area contributed by atoms with Gasteiger partial charge in [0.05, 0.1) is 0 Å². The molecule has 0 spiro atoms. The van der Waals surface area contributed by atoms with E-state index in [1.165, 1.54) is 6.42 Å². The molecule has 1 aliphatic carbocycles. The smallest absolute Gasteiger partial charge is 0.110 e. The number of aryl methyl sites for hydroxylation is 1. The van der Waals surface area contributed by atoms with Gasteiger partial charge < -0.3 is 10.3 Å². The Bertz CT molecular complexity index is 394. The number of aromatic nitrogens is 2. The van der Waals surface area contributed by atoms with Crippen molar-refractivity contribution in [3.63, 3.8) is 0 Å². The highest BCUT2D eigenvalue weighted by molar-refractivity contribution is 5.04. The minimum Gasteiger partial charge on any atom is -0.338 e. The number of hydrogen-bond acceptors (Lipinski definition) is 2. The van der Waals surface area contributed by atoms with Gasteiger partial charge in [0, 0.05) is 31.4 Å². The van der Waals surface area contributed by atoms with Crippen molar-refractivity contribution in [2.75, 3.05) is 0 Å². The molecule has 2 atom stereocenters. The monoisotopic (exact) mass is 235 g/mol. The molecule has 1 fully saturated rings. The predicted molar refractivity (Wildman–Crippen MR) is 70.6 cm³/mol. The topological polar surface area (TPSA) is 43.8 Å². The largest absolute Gasteiger partial charge is 0.338 e. The molecule has 0 amide bonds. The summed E-state index contributed by atoms with van der Waals surface area (Å²) in [6.45, 7) is 6.99. The van der Waals surface area contributed by atoms with E-state index in [4.69, 9.17) is 5.73 Å². The Kier molecular flexibility index (Phi) is 3.06. The van der Waals surface area contributed by atoms with Crippen LogP contribution in [0.1, 0.15) is 45.9 Å². The van der Waals surface area contributed by atoms with Gasteiger partial charge in [0.1, 0.15) is 5.82 Å². The van der Waals surface area contributed by atoms with Crippen molar-refractivity contribution in [3.8, 4) is 0 Å². The molecule has 1 heterocycles. The summed E-state index contributed by atoms with van der Waals surface area (Å²) >= 11 is 0. The molecule has 0 aromatic carbocycles. The van der Waals surface area contributed by atoms with Crippen molar-refractivity contribution < 1.29 is 0 Å². The molecule has 3 heteroatoms. The van der Waals surface area contributed by atoms with E-state index in [0.29, 0.717) is 11.3 Å². The summed E-state index contributed by atoms with van der Waals surface area (Å²) in [5, 5.41) is 0. The Morgan fingerprint density at radius 2 is 2.18 bits per heavy atom. The van der Waals surface area contributed by atoms with Crippen LogP contribution < -0.4 is 5.73 Å². The first-order valence-electron chi connectivity index (χ1n) is 6.55. The molecule has 1 saturated carbocycles. The molecule has 17 heavy (non-hydrogen) atoms. The lowest BCUT2D eigenvalue weighted by Gasteiger charge is -2.45. The van der Waals surface area contributed by atoms with Gasteiger partial charge in [0.25, 0.3) is 0 Å². The molecule has 2 unspecified atom stereocenters.